The van der Waals surface area contributed by atoms with Crippen LogP contribution in [0.4, 0.5) is 0 Å². The minimum atomic E-state index is 0.00885. The van der Waals surface area contributed by atoms with Crippen molar-refractivity contribution >= 4 is 5.91 Å². The summed E-state index contributed by atoms with van der Waals surface area (Å²) in [6, 6.07) is 0. The van der Waals surface area contributed by atoms with E-state index in [0.29, 0.717) is 24.7 Å². The average Bonchev–Trinajstić information content (AvgIpc) is 2.81. The first-order valence-electron chi connectivity index (χ1n) is 7.65. The fourth-order valence-electron chi connectivity index (χ4n) is 2.97. The molecule has 4 nitrogen and oxygen atoms in total. The lowest BCUT2D eigenvalue weighted by molar-refractivity contribution is 0.0761. The van der Waals surface area contributed by atoms with Gasteiger partial charge in [0.1, 0.15) is 5.76 Å². The smallest absolute Gasteiger partial charge is 0.276 e. The number of fused-ring (bicyclic) bond motifs is 1. The Morgan fingerprint density at radius 2 is 2.00 bits per heavy atom. The van der Waals surface area contributed by atoms with E-state index in [9.17, 15) is 4.79 Å². The van der Waals surface area contributed by atoms with Gasteiger partial charge in [-0.2, -0.15) is 0 Å². The van der Waals surface area contributed by atoms with Crippen LogP contribution in [-0.2, 0) is 12.8 Å². The molecule has 0 saturated heterocycles. The quantitative estimate of drug-likeness (QED) is 0.852. The second kappa shape index (κ2) is 5.58. The molecule has 1 amide bonds. The lowest BCUT2D eigenvalue weighted by Gasteiger charge is -2.33. The normalized spacial score (nSPS) is 18.8. The summed E-state index contributed by atoms with van der Waals surface area (Å²) >= 11 is 0. The molecule has 0 unspecified atom stereocenters. The Bertz CT molecular complexity index is 481. The lowest BCUT2D eigenvalue weighted by Crippen LogP contribution is -2.33. The monoisotopic (exact) mass is 278 g/mol. The molecule has 1 aromatic heterocycles. The zero-order valence-corrected chi connectivity index (χ0v) is 13.3. The minimum Gasteiger partial charge on any atom is -0.360 e. The number of rotatable bonds is 3. The largest absolute Gasteiger partial charge is 0.360 e. The Morgan fingerprint density at radius 1 is 1.35 bits per heavy atom. The summed E-state index contributed by atoms with van der Waals surface area (Å²) in [7, 11) is 0. The minimum absolute atomic E-state index is 0.00885. The molecular formula is C16H26N2O2. The van der Waals surface area contributed by atoms with Crippen LogP contribution in [0.3, 0.4) is 0 Å². The highest BCUT2D eigenvalue weighted by molar-refractivity contribution is 5.93. The lowest BCUT2D eigenvalue weighted by atomic mass is 9.71. The first-order chi connectivity index (χ1) is 9.38. The van der Waals surface area contributed by atoms with Gasteiger partial charge in [-0.15, -0.1) is 0 Å². The van der Waals surface area contributed by atoms with Crippen molar-refractivity contribution in [1.82, 2.24) is 10.1 Å². The van der Waals surface area contributed by atoms with Gasteiger partial charge in [-0.3, -0.25) is 4.79 Å². The van der Waals surface area contributed by atoms with E-state index in [1.807, 2.05) is 13.8 Å². The van der Waals surface area contributed by atoms with E-state index < -0.39 is 0 Å². The van der Waals surface area contributed by atoms with Crippen LogP contribution < -0.4 is 0 Å². The molecule has 112 valence electrons. The molecule has 0 bridgehead atoms. The van der Waals surface area contributed by atoms with Crippen molar-refractivity contribution in [2.75, 3.05) is 13.1 Å². The SMILES string of the molecule is CCN(CC)C(=O)c1noc2c1C[C@H](C(C)(C)C)CC2. The van der Waals surface area contributed by atoms with Crippen molar-refractivity contribution in [1.29, 1.82) is 0 Å². The van der Waals surface area contributed by atoms with Gasteiger partial charge < -0.3 is 9.42 Å². The molecule has 20 heavy (non-hydrogen) atoms. The standard InChI is InChI=1S/C16H26N2O2/c1-6-18(7-2)15(19)14-12-10-11(16(3,4)5)8-9-13(12)20-17-14/h11H,6-10H2,1-5H3/t11-/m1/s1. The Balaban J connectivity index is 2.28. The molecule has 4 heteroatoms. The van der Waals surface area contributed by atoms with E-state index in [4.69, 9.17) is 4.52 Å². The van der Waals surface area contributed by atoms with Gasteiger partial charge in [0.15, 0.2) is 5.69 Å². The average molecular weight is 278 g/mol. The predicted octanol–water partition coefficient (Wildman–Crippen LogP) is 3.31. The summed E-state index contributed by atoms with van der Waals surface area (Å²) in [5, 5.41) is 4.06. The van der Waals surface area contributed by atoms with Crippen molar-refractivity contribution < 1.29 is 9.32 Å². The summed E-state index contributed by atoms with van der Waals surface area (Å²) < 4.78 is 5.41. The molecule has 1 aliphatic rings. The van der Waals surface area contributed by atoms with Gasteiger partial charge in [-0.05, 0) is 38.0 Å². The zero-order chi connectivity index (χ0) is 14.9. The zero-order valence-electron chi connectivity index (χ0n) is 13.3. The van der Waals surface area contributed by atoms with Crippen molar-refractivity contribution in [3.63, 3.8) is 0 Å². The van der Waals surface area contributed by atoms with Gasteiger partial charge in [0.05, 0.1) is 0 Å². The summed E-state index contributed by atoms with van der Waals surface area (Å²) in [4.78, 5) is 14.3. The molecule has 0 N–H and O–H groups in total. The van der Waals surface area contributed by atoms with Crippen molar-refractivity contribution in [2.45, 2.75) is 53.9 Å². The number of aromatic nitrogens is 1. The number of aryl methyl sites for hydroxylation is 1. The second-order valence-corrected chi connectivity index (χ2v) is 6.72. The van der Waals surface area contributed by atoms with Gasteiger partial charge in [-0.25, -0.2) is 0 Å². The van der Waals surface area contributed by atoms with Crippen LogP contribution in [0.1, 0.15) is 62.9 Å². The Hall–Kier alpha value is -1.32. The molecule has 0 aromatic carbocycles. The Morgan fingerprint density at radius 3 is 2.55 bits per heavy atom. The molecule has 0 spiro atoms. The highest BCUT2D eigenvalue weighted by Gasteiger charge is 2.34. The maximum Gasteiger partial charge on any atom is 0.276 e. The predicted molar refractivity (Wildman–Crippen MR) is 78.7 cm³/mol. The van der Waals surface area contributed by atoms with Gasteiger partial charge >= 0.3 is 0 Å². The molecule has 1 aromatic rings. The van der Waals surface area contributed by atoms with E-state index in [1.165, 1.54) is 0 Å². The third-order valence-corrected chi connectivity index (χ3v) is 4.52. The van der Waals surface area contributed by atoms with Crippen LogP contribution >= 0.6 is 0 Å². The van der Waals surface area contributed by atoms with Crippen LogP contribution in [0.25, 0.3) is 0 Å². The van der Waals surface area contributed by atoms with Crippen molar-refractivity contribution in [2.24, 2.45) is 11.3 Å². The van der Waals surface area contributed by atoms with Gasteiger partial charge in [0, 0.05) is 25.1 Å². The van der Waals surface area contributed by atoms with Crippen LogP contribution in [0.2, 0.25) is 0 Å². The van der Waals surface area contributed by atoms with Crippen molar-refractivity contribution in [3.8, 4) is 0 Å². The number of hydrogen-bond donors (Lipinski definition) is 0. The number of carbonyl (C=O) groups is 1. The number of carbonyl (C=O) groups excluding carboxylic acids is 1. The molecule has 2 rings (SSSR count). The maximum atomic E-state index is 12.5. The summed E-state index contributed by atoms with van der Waals surface area (Å²) in [6.45, 7) is 12.2. The number of hydrogen-bond acceptors (Lipinski definition) is 3. The van der Waals surface area contributed by atoms with Crippen molar-refractivity contribution in [3.05, 3.63) is 17.0 Å². The first kappa shape index (κ1) is 15.1. The van der Waals surface area contributed by atoms with E-state index in [0.717, 1.165) is 30.6 Å². The number of amides is 1. The third-order valence-electron chi connectivity index (χ3n) is 4.52. The second-order valence-electron chi connectivity index (χ2n) is 6.72. The Kier molecular flexibility index (Phi) is 4.21. The summed E-state index contributed by atoms with van der Waals surface area (Å²) in [5.74, 6) is 1.51. The first-order valence-corrected chi connectivity index (χ1v) is 7.65. The molecule has 1 atom stereocenters. The highest BCUT2D eigenvalue weighted by Crippen LogP contribution is 2.38. The molecule has 1 heterocycles. The van der Waals surface area contributed by atoms with Crippen LogP contribution in [0.15, 0.2) is 4.52 Å². The fourth-order valence-corrected chi connectivity index (χ4v) is 2.97. The summed E-state index contributed by atoms with van der Waals surface area (Å²) in [5.41, 5.74) is 1.84. The maximum absolute atomic E-state index is 12.5. The molecular weight excluding hydrogens is 252 g/mol. The van der Waals surface area contributed by atoms with Gasteiger partial charge in [-0.1, -0.05) is 25.9 Å². The molecule has 0 radical (unpaired) electrons. The van der Waals surface area contributed by atoms with Gasteiger partial charge in [0.25, 0.3) is 5.91 Å². The van der Waals surface area contributed by atoms with Crippen LogP contribution in [0.5, 0.6) is 0 Å². The van der Waals surface area contributed by atoms with Crippen LogP contribution in [-0.4, -0.2) is 29.1 Å². The molecule has 1 aliphatic carbocycles. The van der Waals surface area contributed by atoms with E-state index >= 15 is 0 Å². The van der Waals surface area contributed by atoms with E-state index in [-0.39, 0.29) is 11.3 Å². The fraction of sp³-hybridized carbons (Fsp3) is 0.750. The van der Waals surface area contributed by atoms with Crippen LogP contribution in [0, 0.1) is 11.3 Å². The molecule has 0 aliphatic heterocycles. The number of nitrogens with zero attached hydrogens (tertiary/aromatic N) is 2. The van der Waals surface area contributed by atoms with E-state index in [2.05, 4.69) is 25.9 Å². The molecule has 0 saturated carbocycles. The van der Waals surface area contributed by atoms with Gasteiger partial charge in [0.2, 0.25) is 0 Å². The Labute approximate surface area is 121 Å². The van der Waals surface area contributed by atoms with E-state index in [1.54, 1.807) is 4.90 Å². The topological polar surface area (TPSA) is 46.3 Å². The third kappa shape index (κ3) is 2.74. The molecule has 0 fully saturated rings. The highest BCUT2D eigenvalue weighted by atomic mass is 16.5. The summed E-state index contributed by atoms with van der Waals surface area (Å²) in [6.07, 6.45) is 2.92.